The number of alkyl carbamates (subject to hydrolysis) is 1. The Bertz CT molecular complexity index is 486. The lowest BCUT2D eigenvalue weighted by molar-refractivity contribution is -0.142. The van der Waals surface area contributed by atoms with E-state index in [1.165, 1.54) is 7.11 Å². The molecule has 1 atom stereocenters. The summed E-state index contributed by atoms with van der Waals surface area (Å²) in [5.74, 6) is -0.709. The van der Waals surface area contributed by atoms with Crippen molar-refractivity contribution in [1.82, 2.24) is 5.32 Å². The Morgan fingerprint density at radius 2 is 1.81 bits per heavy atom. The first-order chi connectivity index (χ1) is 10.0. The molecule has 0 fully saturated rings. The molecule has 0 aromatic heterocycles. The van der Waals surface area contributed by atoms with Crippen LogP contribution in [0.1, 0.15) is 25.3 Å². The third kappa shape index (κ3) is 6.56. The van der Waals surface area contributed by atoms with E-state index < -0.39 is 18.1 Å². The highest BCUT2D eigenvalue weighted by molar-refractivity contribution is 5.89. The number of methoxy groups -OCH3 is 1. The number of Topliss-reactive ketones (excluding diaryl/α,β-unsaturated/α-hetero) is 1. The number of nitrogens with one attached hydrogen (secondary N) is 1. The first-order valence-corrected chi connectivity index (χ1v) is 6.59. The maximum Gasteiger partial charge on any atom is 0.408 e. The van der Waals surface area contributed by atoms with Crippen molar-refractivity contribution in [3.8, 4) is 0 Å². The summed E-state index contributed by atoms with van der Waals surface area (Å²) in [4.78, 5) is 34.2. The monoisotopic (exact) mass is 293 g/mol. The lowest BCUT2D eigenvalue weighted by Crippen LogP contribution is -2.38. The Labute approximate surface area is 123 Å². The number of carbonyl (C=O) groups excluding carboxylic acids is 3. The molecule has 1 aromatic carbocycles. The summed E-state index contributed by atoms with van der Waals surface area (Å²) in [6, 6.07) is 8.51. The summed E-state index contributed by atoms with van der Waals surface area (Å²) < 4.78 is 9.45. The van der Waals surface area contributed by atoms with E-state index in [9.17, 15) is 14.4 Å². The van der Waals surface area contributed by atoms with Crippen LogP contribution >= 0.6 is 0 Å². The molecule has 6 nitrogen and oxygen atoms in total. The second kappa shape index (κ2) is 8.73. The van der Waals surface area contributed by atoms with Crippen molar-refractivity contribution in [2.75, 3.05) is 7.11 Å². The fourth-order valence-electron chi connectivity index (χ4n) is 1.57. The smallest absolute Gasteiger partial charge is 0.408 e. The fraction of sp³-hybridized carbons (Fsp3) is 0.400. The van der Waals surface area contributed by atoms with Crippen molar-refractivity contribution in [3.05, 3.63) is 35.9 Å². The number of rotatable bonds is 7. The number of hydrogen-bond donors (Lipinski definition) is 1. The van der Waals surface area contributed by atoms with Gasteiger partial charge in [-0.15, -0.1) is 0 Å². The van der Waals surface area contributed by atoms with Crippen molar-refractivity contribution < 1.29 is 23.9 Å². The van der Waals surface area contributed by atoms with Crippen molar-refractivity contribution in [2.45, 2.75) is 32.4 Å². The van der Waals surface area contributed by atoms with Gasteiger partial charge in [0.1, 0.15) is 6.61 Å². The Morgan fingerprint density at radius 1 is 1.14 bits per heavy atom. The van der Waals surface area contributed by atoms with Gasteiger partial charge in [-0.1, -0.05) is 30.3 Å². The number of carbonyl (C=O) groups is 3. The van der Waals surface area contributed by atoms with Gasteiger partial charge in [0.15, 0.2) is 5.78 Å². The zero-order valence-corrected chi connectivity index (χ0v) is 12.1. The van der Waals surface area contributed by atoms with Crippen LogP contribution in [0.4, 0.5) is 4.79 Å². The highest BCUT2D eigenvalue weighted by atomic mass is 16.5. The van der Waals surface area contributed by atoms with Crippen LogP contribution in [0.2, 0.25) is 0 Å². The topological polar surface area (TPSA) is 81.7 Å². The molecule has 1 rings (SSSR count). The Morgan fingerprint density at radius 3 is 2.43 bits per heavy atom. The Kier molecular flexibility index (Phi) is 6.94. The molecule has 0 bridgehead atoms. The summed E-state index contributed by atoms with van der Waals surface area (Å²) in [5.41, 5.74) is 0.859. The molecule has 0 aliphatic rings. The molecular formula is C15H19NO5. The van der Waals surface area contributed by atoms with Gasteiger partial charge in [0.2, 0.25) is 0 Å². The van der Waals surface area contributed by atoms with Crippen LogP contribution in [0, 0.1) is 0 Å². The van der Waals surface area contributed by atoms with Crippen molar-refractivity contribution >= 4 is 17.8 Å². The molecule has 0 aliphatic heterocycles. The zero-order valence-electron chi connectivity index (χ0n) is 12.1. The van der Waals surface area contributed by atoms with Crippen molar-refractivity contribution in [1.29, 1.82) is 0 Å². The number of benzene rings is 1. The average Bonchev–Trinajstić information content (AvgIpc) is 2.51. The van der Waals surface area contributed by atoms with E-state index in [-0.39, 0.29) is 25.2 Å². The van der Waals surface area contributed by atoms with E-state index >= 15 is 0 Å². The minimum absolute atomic E-state index is 0.000413. The van der Waals surface area contributed by atoms with Gasteiger partial charge in [-0.25, -0.2) is 4.79 Å². The number of hydrogen-bond acceptors (Lipinski definition) is 5. The molecule has 0 aliphatic carbocycles. The highest BCUT2D eigenvalue weighted by Gasteiger charge is 2.17. The van der Waals surface area contributed by atoms with Gasteiger partial charge in [-0.05, 0) is 12.5 Å². The molecule has 21 heavy (non-hydrogen) atoms. The van der Waals surface area contributed by atoms with Crippen LogP contribution in [0.3, 0.4) is 0 Å². The van der Waals surface area contributed by atoms with Crippen LogP contribution in [0.15, 0.2) is 30.3 Å². The Balaban J connectivity index is 2.29. The third-order valence-electron chi connectivity index (χ3n) is 2.83. The zero-order chi connectivity index (χ0) is 15.7. The molecule has 0 heterocycles. The van der Waals surface area contributed by atoms with Gasteiger partial charge in [-0.3, -0.25) is 9.59 Å². The number of amides is 1. The molecular weight excluding hydrogens is 274 g/mol. The predicted molar refractivity (Wildman–Crippen MR) is 75.5 cm³/mol. The minimum Gasteiger partial charge on any atom is -0.469 e. The minimum atomic E-state index is -0.710. The van der Waals surface area contributed by atoms with Crippen molar-refractivity contribution in [3.63, 3.8) is 0 Å². The average molecular weight is 293 g/mol. The summed E-state index contributed by atoms with van der Waals surface area (Å²) in [6.07, 6.45) is -0.648. The van der Waals surface area contributed by atoms with E-state index in [2.05, 4.69) is 10.1 Å². The van der Waals surface area contributed by atoms with Crippen LogP contribution in [0.25, 0.3) is 0 Å². The van der Waals surface area contributed by atoms with Gasteiger partial charge < -0.3 is 14.8 Å². The SMILES string of the molecule is COC(=O)CCC(=O)[C@@H](C)NC(=O)OCc1ccccc1. The van der Waals surface area contributed by atoms with Crippen LogP contribution < -0.4 is 5.32 Å². The maximum atomic E-state index is 11.7. The third-order valence-corrected chi connectivity index (χ3v) is 2.83. The molecule has 0 saturated carbocycles. The van der Waals surface area contributed by atoms with E-state index in [0.29, 0.717) is 0 Å². The molecule has 6 heteroatoms. The lowest BCUT2D eigenvalue weighted by atomic mass is 10.1. The van der Waals surface area contributed by atoms with Crippen molar-refractivity contribution in [2.24, 2.45) is 0 Å². The van der Waals surface area contributed by atoms with E-state index in [0.717, 1.165) is 5.56 Å². The molecule has 0 radical (unpaired) electrons. The molecule has 0 spiro atoms. The van der Waals surface area contributed by atoms with Gasteiger partial charge in [0.05, 0.1) is 19.6 Å². The summed E-state index contributed by atoms with van der Waals surface area (Å²) in [5, 5.41) is 2.43. The molecule has 114 valence electrons. The summed E-state index contributed by atoms with van der Waals surface area (Å²) in [6.45, 7) is 1.68. The van der Waals surface area contributed by atoms with Crippen LogP contribution in [0.5, 0.6) is 0 Å². The normalized spacial score (nSPS) is 11.3. The first-order valence-electron chi connectivity index (χ1n) is 6.59. The van der Waals surface area contributed by atoms with Gasteiger partial charge in [0, 0.05) is 6.42 Å². The lowest BCUT2D eigenvalue weighted by Gasteiger charge is -2.12. The Hall–Kier alpha value is -2.37. The fourth-order valence-corrected chi connectivity index (χ4v) is 1.57. The molecule has 1 aromatic rings. The standard InChI is InChI=1S/C15H19NO5/c1-11(13(17)8-9-14(18)20-2)16-15(19)21-10-12-6-4-3-5-7-12/h3-7,11H,8-10H2,1-2H3,(H,16,19)/t11-/m1/s1. The first kappa shape index (κ1) is 16.7. The van der Waals surface area contributed by atoms with E-state index in [1.807, 2.05) is 30.3 Å². The number of ketones is 1. The number of ether oxygens (including phenoxy) is 2. The second-order valence-electron chi connectivity index (χ2n) is 4.47. The molecule has 0 unspecified atom stereocenters. The quantitative estimate of drug-likeness (QED) is 0.775. The second-order valence-corrected chi connectivity index (χ2v) is 4.47. The molecule has 0 saturated heterocycles. The van der Waals surface area contributed by atoms with Crippen LogP contribution in [-0.4, -0.2) is 31.0 Å². The van der Waals surface area contributed by atoms with E-state index in [1.54, 1.807) is 6.92 Å². The number of esters is 1. The van der Waals surface area contributed by atoms with Gasteiger partial charge in [-0.2, -0.15) is 0 Å². The van der Waals surface area contributed by atoms with E-state index in [4.69, 9.17) is 4.74 Å². The van der Waals surface area contributed by atoms with Crippen LogP contribution in [-0.2, 0) is 25.7 Å². The maximum absolute atomic E-state index is 11.7. The largest absolute Gasteiger partial charge is 0.469 e. The summed E-state index contributed by atoms with van der Waals surface area (Å²) in [7, 11) is 1.26. The molecule has 1 N–H and O–H groups in total. The highest BCUT2D eigenvalue weighted by Crippen LogP contribution is 2.02. The van der Waals surface area contributed by atoms with Gasteiger partial charge in [0.25, 0.3) is 0 Å². The predicted octanol–water partition coefficient (Wildman–Crippen LogP) is 1.82. The molecule has 1 amide bonds. The summed E-state index contributed by atoms with van der Waals surface area (Å²) >= 11 is 0. The van der Waals surface area contributed by atoms with Gasteiger partial charge >= 0.3 is 12.1 Å².